The minimum absolute atomic E-state index is 0.131. The Labute approximate surface area is 150 Å². The molecule has 4 heteroatoms. The van der Waals surface area contributed by atoms with Gasteiger partial charge in [-0.05, 0) is 75.2 Å². The summed E-state index contributed by atoms with van der Waals surface area (Å²) in [6.07, 6.45) is 8.55. The summed E-state index contributed by atoms with van der Waals surface area (Å²) in [7, 11) is 0. The molecule has 0 aliphatic carbocycles. The van der Waals surface area contributed by atoms with Crippen molar-refractivity contribution < 1.29 is 4.79 Å². The molecule has 1 amide bonds. The summed E-state index contributed by atoms with van der Waals surface area (Å²) in [4.78, 5) is 15.1. The lowest BCUT2D eigenvalue weighted by Crippen LogP contribution is -2.51. The summed E-state index contributed by atoms with van der Waals surface area (Å²) in [6, 6.07) is 9.17. The highest BCUT2D eigenvalue weighted by Gasteiger charge is 2.32. The van der Waals surface area contributed by atoms with Crippen LogP contribution in [0.2, 0.25) is 0 Å². The highest BCUT2D eigenvalue weighted by atomic mass is 16.1. The summed E-state index contributed by atoms with van der Waals surface area (Å²) in [5, 5.41) is 4.42. The van der Waals surface area contributed by atoms with Gasteiger partial charge in [0.2, 0.25) is 5.91 Å². The number of rotatable bonds is 4. The molecule has 2 fully saturated rings. The smallest absolute Gasteiger partial charge is 0.239 e. The maximum Gasteiger partial charge on any atom is 0.239 e. The van der Waals surface area contributed by atoms with Crippen LogP contribution in [0.25, 0.3) is 10.9 Å². The third-order valence-electron chi connectivity index (χ3n) is 6.03. The Bertz CT molecular complexity index is 749. The van der Waals surface area contributed by atoms with E-state index < -0.39 is 0 Å². The number of fused-ring (bicyclic) bond motifs is 2. The normalized spacial score (nSPS) is 24.2. The summed E-state index contributed by atoms with van der Waals surface area (Å²) in [6.45, 7) is 5.85. The fraction of sp³-hybridized carbons (Fsp3) is 0.571. The largest absolute Gasteiger partial charge is 0.354 e. The van der Waals surface area contributed by atoms with Crippen molar-refractivity contribution in [2.45, 2.75) is 51.6 Å². The molecule has 0 bridgehead atoms. The predicted molar refractivity (Wildman–Crippen MR) is 102 cm³/mol. The number of amides is 1. The number of benzene rings is 1. The van der Waals surface area contributed by atoms with Gasteiger partial charge in [0, 0.05) is 24.3 Å². The first-order valence-corrected chi connectivity index (χ1v) is 9.77. The Morgan fingerprint density at radius 3 is 2.96 bits per heavy atom. The van der Waals surface area contributed by atoms with E-state index in [9.17, 15) is 4.79 Å². The van der Waals surface area contributed by atoms with Gasteiger partial charge < -0.3 is 14.8 Å². The lowest BCUT2D eigenvalue weighted by molar-refractivity contribution is -0.122. The first kappa shape index (κ1) is 16.6. The SMILES string of the molecule is Cc1ccc2c(ccn2CC(=O)NCC2CCCN3CCCCC23)c1. The van der Waals surface area contributed by atoms with Crippen LogP contribution in [0.3, 0.4) is 0 Å². The lowest BCUT2D eigenvalue weighted by atomic mass is 9.83. The average molecular weight is 339 g/mol. The number of hydrogen-bond donors (Lipinski definition) is 1. The Morgan fingerprint density at radius 2 is 2.04 bits per heavy atom. The van der Waals surface area contributed by atoms with Gasteiger partial charge in [-0.15, -0.1) is 0 Å². The molecule has 2 aliphatic heterocycles. The van der Waals surface area contributed by atoms with Crippen LogP contribution in [-0.4, -0.2) is 41.1 Å². The maximum absolute atomic E-state index is 12.5. The van der Waals surface area contributed by atoms with E-state index in [4.69, 9.17) is 0 Å². The molecule has 1 aromatic carbocycles. The Hall–Kier alpha value is -1.81. The standard InChI is InChI=1S/C21H29N3O/c1-16-7-8-20-17(13-16)9-12-24(20)15-21(25)22-14-18-5-4-11-23-10-3-2-6-19(18)23/h7-9,12-13,18-19H,2-6,10-11,14-15H2,1H3,(H,22,25). The second kappa shape index (κ2) is 7.20. The molecule has 4 rings (SSSR count). The summed E-state index contributed by atoms with van der Waals surface area (Å²) >= 11 is 0. The maximum atomic E-state index is 12.5. The minimum atomic E-state index is 0.131. The molecule has 2 saturated heterocycles. The van der Waals surface area contributed by atoms with Crippen LogP contribution in [0.1, 0.15) is 37.7 Å². The van der Waals surface area contributed by atoms with Crippen molar-refractivity contribution in [1.82, 2.24) is 14.8 Å². The summed E-state index contributed by atoms with van der Waals surface area (Å²) in [5.74, 6) is 0.757. The molecule has 1 N–H and O–H groups in total. The molecular weight excluding hydrogens is 310 g/mol. The van der Waals surface area contributed by atoms with E-state index in [0.717, 1.165) is 12.1 Å². The van der Waals surface area contributed by atoms with E-state index in [1.165, 1.54) is 56.1 Å². The zero-order valence-corrected chi connectivity index (χ0v) is 15.2. The van der Waals surface area contributed by atoms with Crippen LogP contribution >= 0.6 is 0 Å². The van der Waals surface area contributed by atoms with Gasteiger partial charge >= 0.3 is 0 Å². The Balaban J connectivity index is 1.35. The summed E-state index contributed by atoms with van der Waals surface area (Å²) in [5.41, 5.74) is 2.39. The number of carbonyl (C=O) groups excluding carboxylic acids is 1. The summed E-state index contributed by atoms with van der Waals surface area (Å²) < 4.78 is 2.05. The van der Waals surface area contributed by atoms with Gasteiger partial charge in [-0.25, -0.2) is 0 Å². The van der Waals surface area contributed by atoms with Gasteiger partial charge in [0.15, 0.2) is 0 Å². The fourth-order valence-electron chi connectivity index (χ4n) is 4.73. The van der Waals surface area contributed by atoms with Crippen LogP contribution in [0.4, 0.5) is 0 Å². The van der Waals surface area contributed by atoms with Crippen LogP contribution < -0.4 is 5.32 Å². The van der Waals surface area contributed by atoms with Gasteiger partial charge in [0.05, 0.1) is 0 Å². The third-order valence-corrected chi connectivity index (χ3v) is 6.03. The zero-order valence-electron chi connectivity index (χ0n) is 15.2. The molecule has 3 heterocycles. The molecule has 1 aromatic heterocycles. The molecule has 2 unspecified atom stereocenters. The molecule has 25 heavy (non-hydrogen) atoms. The van der Waals surface area contributed by atoms with Crippen molar-refractivity contribution >= 4 is 16.8 Å². The van der Waals surface area contributed by atoms with E-state index >= 15 is 0 Å². The van der Waals surface area contributed by atoms with Crippen LogP contribution in [0, 0.1) is 12.8 Å². The Morgan fingerprint density at radius 1 is 1.16 bits per heavy atom. The van der Waals surface area contributed by atoms with Crippen molar-refractivity contribution in [3.8, 4) is 0 Å². The second-order valence-corrected chi connectivity index (χ2v) is 7.81. The average Bonchev–Trinajstić information content (AvgIpc) is 3.01. The van der Waals surface area contributed by atoms with Gasteiger partial charge in [-0.2, -0.15) is 0 Å². The van der Waals surface area contributed by atoms with E-state index in [1.54, 1.807) is 0 Å². The van der Waals surface area contributed by atoms with Crippen LogP contribution in [-0.2, 0) is 11.3 Å². The van der Waals surface area contributed by atoms with Crippen LogP contribution in [0.15, 0.2) is 30.5 Å². The van der Waals surface area contributed by atoms with E-state index in [2.05, 4.69) is 46.0 Å². The number of aromatic nitrogens is 1. The van der Waals surface area contributed by atoms with Gasteiger partial charge in [-0.3, -0.25) is 4.79 Å². The highest BCUT2D eigenvalue weighted by molar-refractivity contribution is 5.83. The number of aryl methyl sites for hydroxylation is 1. The predicted octanol–water partition coefficient (Wildman–Crippen LogP) is 3.33. The molecule has 0 spiro atoms. The second-order valence-electron chi connectivity index (χ2n) is 7.81. The third kappa shape index (κ3) is 3.59. The molecule has 2 aliphatic rings. The highest BCUT2D eigenvalue weighted by Crippen LogP contribution is 2.30. The molecule has 4 nitrogen and oxygen atoms in total. The Kier molecular flexibility index (Phi) is 4.80. The van der Waals surface area contributed by atoms with Crippen molar-refractivity contribution in [1.29, 1.82) is 0 Å². The monoisotopic (exact) mass is 339 g/mol. The van der Waals surface area contributed by atoms with Gasteiger partial charge in [0.25, 0.3) is 0 Å². The molecule has 0 saturated carbocycles. The molecule has 2 aromatic rings. The number of nitrogens with one attached hydrogen (secondary N) is 1. The van der Waals surface area contributed by atoms with Crippen molar-refractivity contribution in [3.05, 3.63) is 36.0 Å². The molecule has 2 atom stereocenters. The molecule has 0 radical (unpaired) electrons. The molecular formula is C21H29N3O. The fourth-order valence-corrected chi connectivity index (χ4v) is 4.73. The van der Waals surface area contributed by atoms with Crippen LogP contribution in [0.5, 0.6) is 0 Å². The first-order valence-electron chi connectivity index (χ1n) is 9.77. The van der Waals surface area contributed by atoms with Gasteiger partial charge in [0.1, 0.15) is 6.54 Å². The zero-order chi connectivity index (χ0) is 17.2. The van der Waals surface area contributed by atoms with Crippen molar-refractivity contribution in [2.75, 3.05) is 19.6 Å². The van der Waals surface area contributed by atoms with E-state index in [0.29, 0.717) is 18.5 Å². The first-order chi connectivity index (χ1) is 12.2. The lowest BCUT2D eigenvalue weighted by Gasteiger charge is -2.44. The topological polar surface area (TPSA) is 37.3 Å². The number of nitrogens with zero attached hydrogens (tertiary/aromatic N) is 2. The quantitative estimate of drug-likeness (QED) is 0.928. The van der Waals surface area contributed by atoms with Crippen molar-refractivity contribution in [3.63, 3.8) is 0 Å². The van der Waals surface area contributed by atoms with E-state index in [-0.39, 0.29) is 5.91 Å². The van der Waals surface area contributed by atoms with Crippen molar-refractivity contribution in [2.24, 2.45) is 5.92 Å². The number of carbonyl (C=O) groups is 1. The van der Waals surface area contributed by atoms with E-state index in [1.807, 2.05) is 6.20 Å². The molecule has 134 valence electrons. The number of piperidine rings is 2. The number of hydrogen-bond acceptors (Lipinski definition) is 2. The minimum Gasteiger partial charge on any atom is -0.354 e. The van der Waals surface area contributed by atoms with Gasteiger partial charge in [-0.1, -0.05) is 18.1 Å².